The van der Waals surface area contributed by atoms with Crippen LogP contribution >= 0.6 is 11.3 Å². The summed E-state index contributed by atoms with van der Waals surface area (Å²) in [6.45, 7) is 5.87. The number of furan rings is 1. The number of thiazole rings is 1. The maximum Gasteiger partial charge on any atom is 0.290 e. The summed E-state index contributed by atoms with van der Waals surface area (Å²) in [5.74, 6) is -0.451. The van der Waals surface area contributed by atoms with Crippen LogP contribution in [0.5, 0.6) is 0 Å². The fraction of sp³-hybridized carbons (Fsp3) is 0.381. The first-order valence-electron chi connectivity index (χ1n) is 9.92. The van der Waals surface area contributed by atoms with Gasteiger partial charge >= 0.3 is 0 Å². The van der Waals surface area contributed by atoms with Crippen molar-refractivity contribution in [1.82, 2.24) is 19.7 Å². The molecule has 2 aliphatic heterocycles. The first-order valence-corrected chi connectivity index (χ1v) is 10.8. The van der Waals surface area contributed by atoms with E-state index in [0.717, 1.165) is 13.1 Å². The molecule has 0 saturated carbocycles. The van der Waals surface area contributed by atoms with Crippen LogP contribution in [0.15, 0.2) is 34.2 Å². The number of rotatable bonds is 3. The molecule has 0 atom stereocenters. The number of halogens is 1. The smallest absolute Gasteiger partial charge is 0.290 e. The molecule has 156 valence electrons. The molecule has 30 heavy (non-hydrogen) atoms. The molecule has 2 aliphatic rings. The molecule has 0 aliphatic carbocycles. The van der Waals surface area contributed by atoms with Crippen LogP contribution in [0.1, 0.15) is 25.9 Å². The van der Waals surface area contributed by atoms with Gasteiger partial charge in [-0.25, -0.2) is 9.37 Å². The van der Waals surface area contributed by atoms with Gasteiger partial charge < -0.3 is 14.2 Å². The lowest BCUT2D eigenvalue weighted by Gasteiger charge is -2.47. The minimum atomic E-state index is -0.457. The van der Waals surface area contributed by atoms with Crippen molar-refractivity contribution < 1.29 is 18.4 Å². The number of hydrogen-bond donors (Lipinski definition) is 0. The fourth-order valence-corrected chi connectivity index (χ4v) is 4.77. The van der Waals surface area contributed by atoms with Gasteiger partial charge in [-0.3, -0.25) is 14.5 Å². The lowest BCUT2D eigenvalue weighted by atomic mass is 10.0. The molecule has 0 radical (unpaired) electrons. The van der Waals surface area contributed by atoms with Crippen molar-refractivity contribution in [3.63, 3.8) is 0 Å². The molecule has 2 amide bonds. The van der Waals surface area contributed by atoms with Crippen LogP contribution in [0.4, 0.5) is 4.39 Å². The molecule has 2 saturated heterocycles. The number of hydrogen-bond acceptors (Lipinski definition) is 6. The lowest BCUT2D eigenvalue weighted by molar-refractivity contribution is 0.00703. The van der Waals surface area contributed by atoms with Gasteiger partial charge in [0.25, 0.3) is 11.8 Å². The fourth-order valence-electron chi connectivity index (χ4n) is 4.16. The van der Waals surface area contributed by atoms with E-state index in [-0.39, 0.29) is 29.2 Å². The Balaban J connectivity index is 1.18. The molecular formula is C21H21FN4O3S. The highest BCUT2D eigenvalue weighted by atomic mass is 32.1. The predicted molar refractivity (Wildman–Crippen MR) is 110 cm³/mol. The zero-order valence-corrected chi connectivity index (χ0v) is 17.3. The van der Waals surface area contributed by atoms with Crippen LogP contribution in [-0.4, -0.2) is 76.8 Å². The summed E-state index contributed by atoms with van der Waals surface area (Å²) in [5, 5.41) is 2.97. The Morgan fingerprint density at radius 3 is 2.57 bits per heavy atom. The van der Waals surface area contributed by atoms with Crippen molar-refractivity contribution in [3.05, 3.63) is 51.9 Å². The zero-order chi connectivity index (χ0) is 20.8. The van der Waals surface area contributed by atoms with Gasteiger partial charge in [-0.1, -0.05) is 12.1 Å². The Morgan fingerprint density at radius 2 is 1.90 bits per heavy atom. The summed E-state index contributed by atoms with van der Waals surface area (Å²) in [7, 11) is 0. The third-order valence-electron chi connectivity index (χ3n) is 5.99. The number of piperazine rings is 1. The van der Waals surface area contributed by atoms with Crippen LogP contribution in [-0.2, 0) is 0 Å². The number of carbonyl (C=O) groups excluding carboxylic acids is 2. The molecule has 0 unspecified atom stereocenters. The van der Waals surface area contributed by atoms with E-state index >= 15 is 0 Å². The van der Waals surface area contributed by atoms with Crippen LogP contribution in [0.3, 0.4) is 0 Å². The number of fused-ring (bicyclic) bond motifs is 1. The van der Waals surface area contributed by atoms with Crippen molar-refractivity contribution in [2.45, 2.75) is 13.0 Å². The summed E-state index contributed by atoms with van der Waals surface area (Å²) < 4.78 is 19.5. The second kappa shape index (κ2) is 7.48. The van der Waals surface area contributed by atoms with Crippen LogP contribution < -0.4 is 0 Å². The first-order chi connectivity index (χ1) is 14.5. The molecule has 3 aromatic rings. The third kappa shape index (κ3) is 3.18. The topological polar surface area (TPSA) is 69.9 Å². The molecule has 2 fully saturated rings. The number of likely N-dealkylation sites (tertiary alicyclic amines) is 1. The van der Waals surface area contributed by atoms with Crippen LogP contribution in [0.2, 0.25) is 0 Å². The SMILES string of the molecule is Cc1c(C(=O)N2CC(N3CCN(C(=O)c4nccs4)CC3)C2)oc2c(F)cccc12. The zero-order valence-electron chi connectivity index (χ0n) is 16.5. The Kier molecular flexibility index (Phi) is 4.79. The first kappa shape index (κ1) is 19.2. The molecule has 0 bridgehead atoms. The maximum absolute atomic E-state index is 14.0. The molecule has 4 heterocycles. The van der Waals surface area contributed by atoms with Gasteiger partial charge in [0, 0.05) is 67.8 Å². The summed E-state index contributed by atoms with van der Waals surface area (Å²) in [6, 6.07) is 4.98. The second-order valence-electron chi connectivity index (χ2n) is 7.70. The molecule has 5 rings (SSSR count). The van der Waals surface area contributed by atoms with E-state index < -0.39 is 5.82 Å². The highest BCUT2D eigenvalue weighted by Gasteiger charge is 2.38. The molecule has 2 aromatic heterocycles. The quantitative estimate of drug-likeness (QED) is 0.642. The number of carbonyl (C=O) groups is 2. The highest BCUT2D eigenvalue weighted by Crippen LogP contribution is 2.29. The van der Waals surface area contributed by atoms with Crippen LogP contribution in [0, 0.1) is 12.7 Å². The van der Waals surface area contributed by atoms with E-state index in [2.05, 4.69) is 9.88 Å². The molecule has 0 N–H and O–H groups in total. The van der Waals surface area contributed by atoms with E-state index in [9.17, 15) is 14.0 Å². The van der Waals surface area contributed by atoms with E-state index in [1.165, 1.54) is 17.4 Å². The highest BCUT2D eigenvalue weighted by molar-refractivity contribution is 7.11. The normalized spacial score (nSPS) is 18.1. The molecule has 9 heteroatoms. The summed E-state index contributed by atoms with van der Waals surface area (Å²) in [6.07, 6.45) is 1.65. The summed E-state index contributed by atoms with van der Waals surface area (Å²) in [4.78, 5) is 35.3. The van der Waals surface area contributed by atoms with E-state index in [1.807, 2.05) is 10.3 Å². The largest absolute Gasteiger partial charge is 0.448 e. The predicted octanol–water partition coefficient (Wildman–Crippen LogP) is 2.62. The average molecular weight is 428 g/mol. The lowest BCUT2D eigenvalue weighted by Crippen LogP contribution is -2.64. The van der Waals surface area contributed by atoms with Crippen molar-refractivity contribution in [3.8, 4) is 0 Å². The minimum Gasteiger partial charge on any atom is -0.448 e. The number of aryl methyl sites for hydroxylation is 1. The van der Waals surface area contributed by atoms with Gasteiger partial charge in [0.15, 0.2) is 22.2 Å². The number of para-hydroxylation sites is 1. The second-order valence-corrected chi connectivity index (χ2v) is 8.60. The minimum absolute atomic E-state index is 0.0114. The Hall–Kier alpha value is -2.78. The van der Waals surface area contributed by atoms with Crippen LogP contribution in [0.25, 0.3) is 11.0 Å². The van der Waals surface area contributed by atoms with E-state index in [0.29, 0.717) is 42.1 Å². The van der Waals surface area contributed by atoms with Crippen molar-refractivity contribution in [1.29, 1.82) is 0 Å². The van der Waals surface area contributed by atoms with Crippen molar-refractivity contribution >= 4 is 34.1 Å². The molecule has 1 aromatic carbocycles. The standard InChI is InChI=1S/C21H21FN4O3S/c1-13-15-3-2-4-16(22)18(15)29-17(13)20(27)26-11-14(12-26)24-6-8-25(9-7-24)21(28)19-23-5-10-30-19/h2-5,10,14H,6-9,11-12H2,1H3. The van der Waals surface area contributed by atoms with Gasteiger partial charge in [-0.15, -0.1) is 11.3 Å². The number of amides is 2. The average Bonchev–Trinajstić information content (AvgIpc) is 3.36. The Morgan fingerprint density at radius 1 is 1.13 bits per heavy atom. The molecule has 7 nitrogen and oxygen atoms in total. The van der Waals surface area contributed by atoms with Gasteiger partial charge in [0.2, 0.25) is 0 Å². The van der Waals surface area contributed by atoms with Gasteiger partial charge in [-0.05, 0) is 13.0 Å². The van der Waals surface area contributed by atoms with Gasteiger partial charge in [0.05, 0.1) is 0 Å². The van der Waals surface area contributed by atoms with E-state index in [4.69, 9.17) is 4.42 Å². The third-order valence-corrected chi connectivity index (χ3v) is 6.75. The monoisotopic (exact) mass is 428 g/mol. The van der Waals surface area contributed by atoms with E-state index in [1.54, 1.807) is 30.2 Å². The summed E-state index contributed by atoms with van der Waals surface area (Å²) in [5.41, 5.74) is 0.809. The Labute approximate surface area is 176 Å². The van der Waals surface area contributed by atoms with Crippen molar-refractivity contribution in [2.75, 3.05) is 39.3 Å². The molecular weight excluding hydrogens is 407 g/mol. The number of aromatic nitrogens is 1. The van der Waals surface area contributed by atoms with Gasteiger partial charge in [-0.2, -0.15) is 0 Å². The maximum atomic E-state index is 14.0. The van der Waals surface area contributed by atoms with Crippen molar-refractivity contribution in [2.24, 2.45) is 0 Å². The van der Waals surface area contributed by atoms with Gasteiger partial charge in [0.1, 0.15) is 0 Å². The number of benzene rings is 1. The molecule has 0 spiro atoms. The summed E-state index contributed by atoms with van der Waals surface area (Å²) >= 11 is 1.36. The number of nitrogens with zero attached hydrogens (tertiary/aromatic N) is 4. The Bertz CT molecular complexity index is 1100.